The van der Waals surface area contributed by atoms with Crippen LogP contribution in [0.4, 0.5) is 5.69 Å². The molecule has 0 radical (unpaired) electrons. The van der Waals surface area contributed by atoms with Gasteiger partial charge in [0.05, 0.1) is 12.5 Å². The van der Waals surface area contributed by atoms with Crippen LogP contribution in [0.3, 0.4) is 0 Å². The maximum Gasteiger partial charge on any atom is 0.243 e. The number of amides is 2. The zero-order valence-electron chi connectivity index (χ0n) is 12.1. The summed E-state index contributed by atoms with van der Waals surface area (Å²) in [6, 6.07) is 8.09. The number of hydrogen-bond donors (Lipinski definition) is 3. The predicted octanol–water partition coefficient (Wildman–Crippen LogP) is 0.277. The third-order valence-corrected chi connectivity index (χ3v) is 3.57. The van der Waals surface area contributed by atoms with Crippen molar-refractivity contribution in [3.05, 3.63) is 29.8 Å². The third-order valence-electron chi connectivity index (χ3n) is 3.57. The standard InChI is InChI=1S/C15H21N3O3/c1-10-12(8-11-4-2-3-5-13(11)18-10)15(20)17-6-7-21-9-14(16)19/h2-5,10,12,18H,6-9H2,1H3,(H2,16,19)(H,17,20). The van der Waals surface area contributed by atoms with Gasteiger partial charge in [-0.1, -0.05) is 18.2 Å². The molecule has 1 heterocycles. The molecule has 1 aliphatic rings. The van der Waals surface area contributed by atoms with Crippen molar-refractivity contribution in [1.82, 2.24) is 5.32 Å². The van der Waals surface area contributed by atoms with E-state index in [-0.39, 0.29) is 31.1 Å². The topological polar surface area (TPSA) is 93.4 Å². The van der Waals surface area contributed by atoms with E-state index in [1.165, 1.54) is 0 Å². The highest BCUT2D eigenvalue weighted by molar-refractivity contribution is 5.81. The molecular weight excluding hydrogens is 270 g/mol. The number of para-hydroxylation sites is 1. The van der Waals surface area contributed by atoms with Crippen molar-refractivity contribution < 1.29 is 14.3 Å². The summed E-state index contributed by atoms with van der Waals surface area (Å²) in [7, 11) is 0. The Balaban J connectivity index is 1.82. The summed E-state index contributed by atoms with van der Waals surface area (Å²) in [5.74, 6) is -0.633. The van der Waals surface area contributed by atoms with Crippen molar-refractivity contribution in [2.24, 2.45) is 11.7 Å². The van der Waals surface area contributed by atoms with Gasteiger partial charge in [-0.05, 0) is 25.0 Å². The predicted molar refractivity (Wildman–Crippen MR) is 79.7 cm³/mol. The summed E-state index contributed by atoms with van der Waals surface area (Å²) >= 11 is 0. The van der Waals surface area contributed by atoms with Crippen LogP contribution in [0.5, 0.6) is 0 Å². The largest absolute Gasteiger partial charge is 0.382 e. The van der Waals surface area contributed by atoms with Gasteiger partial charge in [0.25, 0.3) is 0 Å². The Morgan fingerprint density at radius 1 is 1.43 bits per heavy atom. The van der Waals surface area contributed by atoms with Crippen molar-refractivity contribution in [3.63, 3.8) is 0 Å². The molecule has 21 heavy (non-hydrogen) atoms. The van der Waals surface area contributed by atoms with Crippen LogP contribution in [0.15, 0.2) is 24.3 Å². The molecule has 4 N–H and O–H groups in total. The minimum absolute atomic E-state index is 0.00724. The number of nitrogens with one attached hydrogen (secondary N) is 2. The lowest BCUT2D eigenvalue weighted by Gasteiger charge is -2.31. The van der Waals surface area contributed by atoms with E-state index in [0.29, 0.717) is 6.54 Å². The molecule has 2 rings (SSSR count). The van der Waals surface area contributed by atoms with Crippen LogP contribution >= 0.6 is 0 Å². The number of rotatable bonds is 6. The lowest BCUT2D eigenvalue weighted by Crippen LogP contribution is -2.44. The first kappa shape index (κ1) is 15.3. The van der Waals surface area contributed by atoms with Gasteiger partial charge in [-0.25, -0.2) is 0 Å². The third kappa shape index (κ3) is 4.19. The summed E-state index contributed by atoms with van der Waals surface area (Å²) < 4.78 is 5.01. The molecule has 0 fully saturated rings. The first-order chi connectivity index (χ1) is 10.1. The summed E-state index contributed by atoms with van der Waals surface area (Å²) in [6.07, 6.45) is 0.721. The van der Waals surface area contributed by atoms with E-state index >= 15 is 0 Å². The quantitative estimate of drug-likeness (QED) is 0.656. The Morgan fingerprint density at radius 3 is 2.95 bits per heavy atom. The van der Waals surface area contributed by atoms with Gasteiger partial charge in [0, 0.05) is 18.3 Å². The van der Waals surface area contributed by atoms with Crippen LogP contribution in [-0.4, -0.2) is 37.6 Å². The Hall–Kier alpha value is -2.08. The van der Waals surface area contributed by atoms with Gasteiger partial charge < -0.3 is 21.1 Å². The zero-order valence-corrected chi connectivity index (χ0v) is 12.1. The molecule has 0 bridgehead atoms. The first-order valence-electron chi connectivity index (χ1n) is 7.06. The van der Waals surface area contributed by atoms with Crippen molar-refractivity contribution in [1.29, 1.82) is 0 Å². The summed E-state index contributed by atoms with van der Waals surface area (Å²) in [6.45, 7) is 2.53. The molecule has 0 aliphatic carbocycles. The normalized spacial score (nSPS) is 20.2. The van der Waals surface area contributed by atoms with Gasteiger partial charge in [0.1, 0.15) is 6.61 Å². The van der Waals surface area contributed by atoms with Crippen LogP contribution in [0.1, 0.15) is 12.5 Å². The van der Waals surface area contributed by atoms with Gasteiger partial charge >= 0.3 is 0 Å². The number of carbonyl (C=O) groups is 2. The summed E-state index contributed by atoms with van der Waals surface area (Å²) in [5.41, 5.74) is 7.20. The molecule has 6 heteroatoms. The highest BCUT2D eigenvalue weighted by Crippen LogP contribution is 2.28. The molecule has 0 saturated heterocycles. The highest BCUT2D eigenvalue weighted by atomic mass is 16.5. The maximum absolute atomic E-state index is 12.2. The lowest BCUT2D eigenvalue weighted by molar-refractivity contribution is -0.125. The average Bonchev–Trinajstić information content (AvgIpc) is 2.45. The maximum atomic E-state index is 12.2. The van der Waals surface area contributed by atoms with E-state index in [1.54, 1.807) is 0 Å². The molecule has 1 aromatic rings. The van der Waals surface area contributed by atoms with Crippen LogP contribution in [0.2, 0.25) is 0 Å². The second-order valence-electron chi connectivity index (χ2n) is 5.21. The smallest absolute Gasteiger partial charge is 0.243 e. The molecule has 6 nitrogen and oxygen atoms in total. The summed E-state index contributed by atoms with van der Waals surface area (Å²) in [4.78, 5) is 22.7. The number of benzene rings is 1. The molecule has 0 aromatic heterocycles. The molecule has 0 saturated carbocycles. The first-order valence-corrected chi connectivity index (χ1v) is 7.06. The molecule has 2 unspecified atom stereocenters. The molecular formula is C15H21N3O3. The molecule has 1 aromatic carbocycles. The van der Waals surface area contributed by atoms with Crippen LogP contribution in [0, 0.1) is 5.92 Å². The molecule has 1 aliphatic heterocycles. The van der Waals surface area contributed by atoms with Crippen molar-refractivity contribution >= 4 is 17.5 Å². The molecule has 2 atom stereocenters. The van der Waals surface area contributed by atoms with Gasteiger partial charge in [-0.2, -0.15) is 0 Å². The molecule has 0 spiro atoms. The fourth-order valence-electron chi connectivity index (χ4n) is 2.47. The fraction of sp³-hybridized carbons (Fsp3) is 0.467. The Kier molecular flexibility index (Phi) is 5.16. The SMILES string of the molecule is CC1Nc2ccccc2CC1C(=O)NCCOCC(N)=O. The number of carbonyl (C=O) groups excluding carboxylic acids is 2. The van der Waals surface area contributed by atoms with Crippen molar-refractivity contribution in [2.75, 3.05) is 25.1 Å². The van der Waals surface area contributed by atoms with Crippen LogP contribution in [0.25, 0.3) is 0 Å². The van der Waals surface area contributed by atoms with E-state index in [0.717, 1.165) is 17.7 Å². The van der Waals surface area contributed by atoms with Gasteiger partial charge in [0.2, 0.25) is 11.8 Å². The fourth-order valence-corrected chi connectivity index (χ4v) is 2.47. The number of anilines is 1. The monoisotopic (exact) mass is 291 g/mol. The van der Waals surface area contributed by atoms with E-state index in [4.69, 9.17) is 10.5 Å². The number of ether oxygens (including phenoxy) is 1. The van der Waals surface area contributed by atoms with Crippen LogP contribution < -0.4 is 16.4 Å². The number of primary amides is 1. The average molecular weight is 291 g/mol. The second kappa shape index (κ2) is 7.08. The number of hydrogen-bond acceptors (Lipinski definition) is 4. The minimum Gasteiger partial charge on any atom is -0.382 e. The van der Waals surface area contributed by atoms with E-state index < -0.39 is 5.91 Å². The van der Waals surface area contributed by atoms with Gasteiger partial charge in [-0.15, -0.1) is 0 Å². The molecule has 2 amide bonds. The van der Waals surface area contributed by atoms with Crippen molar-refractivity contribution in [2.45, 2.75) is 19.4 Å². The Labute approximate surface area is 124 Å². The van der Waals surface area contributed by atoms with Crippen LogP contribution in [-0.2, 0) is 20.7 Å². The second-order valence-corrected chi connectivity index (χ2v) is 5.21. The van der Waals surface area contributed by atoms with Gasteiger partial charge in [-0.3, -0.25) is 9.59 Å². The minimum atomic E-state index is -0.511. The van der Waals surface area contributed by atoms with Gasteiger partial charge in [0.15, 0.2) is 0 Å². The highest BCUT2D eigenvalue weighted by Gasteiger charge is 2.29. The van der Waals surface area contributed by atoms with E-state index in [1.807, 2.05) is 31.2 Å². The summed E-state index contributed by atoms with van der Waals surface area (Å²) in [5, 5.41) is 6.19. The van der Waals surface area contributed by atoms with E-state index in [9.17, 15) is 9.59 Å². The van der Waals surface area contributed by atoms with E-state index in [2.05, 4.69) is 10.6 Å². The lowest BCUT2D eigenvalue weighted by atomic mass is 9.87. The molecule has 114 valence electrons. The Morgan fingerprint density at radius 2 is 2.19 bits per heavy atom. The number of fused-ring (bicyclic) bond motifs is 1. The zero-order chi connectivity index (χ0) is 15.2. The Bertz CT molecular complexity index is 519. The van der Waals surface area contributed by atoms with Crippen molar-refractivity contribution in [3.8, 4) is 0 Å². The number of nitrogens with two attached hydrogens (primary N) is 1.